The summed E-state index contributed by atoms with van der Waals surface area (Å²) in [5.74, 6) is 0. The molecule has 0 aromatic heterocycles. The maximum atomic E-state index is 5.93. The van der Waals surface area contributed by atoms with Crippen LogP contribution in [-0.2, 0) is 0 Å². The highest BCUT2D eigenvalue weighted by Gasteiger charge is 2.03. The molecule has 0 aliphatic heterocycles. The molecular weight excluding hydrogens is 228 g/mol. The SMILES string of the molecule is CCCNc1ccc(Br)c(C)c1N. The van der Waals surface area contributed by atoms with Gasteiger partial charge in [0, 0.05) is 11.0 Å². The molecule has 13 heavy (non-hydrogen) atoms. The van der Waals surface area contributed by atoms with Crippen LogP contribution in [0, 0.1) is 6.92 Å². The second-order valence-electron chi connectivity index (χ2n) is 3.06. The molecule has 0 saturated heterocycles. The van der Waals surface area contributed by atoms with E-state index in [1.807, 2.05) is 19.1 Å². The maximum Gasteiger partial charge on any atom is 0.0590 e. The molecule has 0 heterocycles. The van der Waals surface area contributed by atoms with E-state index in [4.69, 9.17) is 5.73 Å². The van der Waals surface area contributed by atoms with Gasteiger partial charge in [-0.25, -0.2) is 0 Å². The van der Waals surface area contributed by atoms with E-state index in [1.165, 1.54) is 0 Å². The zero-order valence-corrected chi connectivity index (χ0v) is 9.61. The van der Waals surface area contributed by atoms with Crippen LogP contribution in [0.25, 0.3) is 0 Å². The predicted octanol–water partition coefficient (Wildman–Crippen LogP) is 3.16. The van der Waals surface area contributed by atoms with Gasteiger partial charge >= 0.3 is 0 Å². The van der Waals surface area contributed by atoms with Crippen LogP contribution in [-0.4, -0.2) is 6.54 Å². The van der Waals surface area contributed by atoms with E-state index in [0.29, 0.717) is 0 Å². The topological polar surface area (TPSA) is 38.0 Å². The van der Waals surface area contributed by atoms with Crippen molar-refractivity contribution in [2.45, 2.75) is 20.3 Å². The Balaban J connectivity index is 2.90. The van der Waals surface area contributed by atoms with Gasteiger partial charge in [0.05, 0.1) is 11.4 Å². The predicted molar refractivity (Wildman–Crippen MR) is 62.1 cm³/mol. The first-order valence-corrected chi connectivity index (χ1v) is 5.24. The molecule has 0 fully saturated rings. The molecule has 0 amide bonds. The van der Waals surface area contributed by atoms with Gasteiger partial charge in [-0.2, -0.15) is 0 Å². The summed E-state index contributed by atoms with van der Waals surface area (Å²) in [6.45, 7) is 5.11. The van der Waals surface area contributed by atoms with E-state index in [-0.39, 0.29) is 0 Å². The molecule has 3 heteroatoms. The summed E-state index contributed by atoms with van der Waals surface area (Å²) in [5.41, 5.74) is 8.90. The zero-order chi connectivity index (χ0) is 9.84. The van der Waals surface area contributed by atoms with E-state index in [2.05, 4.69) is 28.2 Å². The monoisotopic (exact) mass is 242 g/mol. The number of benzene rings is 1. The van der Waals surface area contributed by atoms with E-state index < -0.39 is 0 Å². The minimum Gasteiger partial charge on any atom is -0.397 e. The molecule has 3 N–H and O–H groups in total. The lowest BCUT2D eigenvalue weighted by atomic mass is 10.1. The quantitative estimate of drug-likeness (QED) is 0.800. The molecule has 0 atom stereocenters. The van der Waals surface area contributed by atoms with Crippen molar-refractivity contribution in [1.82, 2.24) is 0 Å². The van der Waals surface area contributed by atoms with Crippen molar-refractivity contribution in [2.24, 2.45) is 0 Å². The number of hydrogen-bond donors (Lipinski definition) is 2. The molecule has 1 aromatic rings. The first-order valence-electron chi connectivity index (χ1n) is 4.45. The molecule has 0 spiro atoms. The summed E-state index contributed by atoms with van der Waals surface area (Å²) in [7, 11) is 0. The summed E-state index contributed by atoms with van der Waals surface area (Å²) in [4.78, 5) is 0. The second kappa shape index (κ2) is 4.51. The molecule has 2 nitrogen and oxygen atoms in total. The molecule has 1 aromatic carbocycles. The van der Waals surface area contributed by atoms with Crippen LogP contribution in [0.1, 0.15) is 18.9 Å². The third-order valence-electron chi connectivity index (χ3n) is 2.01. The van der Waals surface area contributed by atoms with E-state index in [9.17, 15) is 0 Å². The van der Waals surface area contributed by atoms with Gasteiger partial charge in [-0.15, -0.1) is 0 Å². The third kappa shape index (κ3) is 2.37. The lowest BCUT2D eigenvalue weighted by Gasteiger charge is -2.11. The molecule has 72 valence electrons. The Morgan fingerprint density at radius 3 is 2.77 bits per heavy atom. The number of rotatable bonds is 3. The van der Waals surface area contributed by atoms with Crippen LogP contribution in [0.4, 0.5) is 11.4 Å². The number of halogens is 1. The van der Waals surface area contributed by atoms with Crippen molar-refractivity contribution in [2.75, 3.05) is 17.6 Å². The highest BCUT2D eigenvalue weighted by atomic mass is 79.9. The summed E-state index contributed by atoms with van der Waals surface area (Å²) >= 11 is 3.44. The Morgan fingerprint density at radius 1 is 1.46 bits per heavy atom. The average molecular weight is 243 g/mol. The van der Waals surface area contributed by atoms with Crippen LogP contribution >= 0.6 is 15.9 Å². The smallest absolute Gasteiger partial charge is 0.0590 e. The molecule has 0 aliphatic rings. The Kier molecular flexibility index (Phi) is 3.60. The first-order chi connectivity index (χ1) is 6.16. The number of nitrogens with one attached hydrogen (secondary N) is 1. The van der Waals surface area contributed by atoms with Crippen LogP contribution in [0.3, 0.4) is 0 Å². The lowest BCUT2D eigenvalue weighted by Crippen LogP contribution is -2.04. The number of anilines is 2. The molecule has 0 unspecified atom stereocenters. The van der Waals surface area contributed by atoms with Crippen molar-refractivity contribution in [3.8, 4) is 0 Å². The van der Waals surface area contributed by atoms with Gasteiger partial charge in [0.15, 0.2) is 0 Å². The number of hydrogen-bond acceptors (Lipinski definition) is 2. The number of nitrogens with two attached hydrogens (primary N) is 1. The van der Waals surface area contributed by atoms with Crippen molar-refractivity contribution in [1.29, 1.82) is 0 Å². The van der Waals surface area contributed by atoms with Crippen molar-refractivity contribution in [3.05, 3.63) is 22.2 Å². The van der Waals surface area contributed by atoms with Crippen LogP contribution in [0.15, 0.2) is 16.6 Å². The summed E-state index contributed by atoms with van der Waals surface area (Å²) in [5, 5.41) is 3.28. The van der Waals surface area contributed by atoms with Crippen molar-refractivity contribution in [3.63, 3.8) is 0 Å². The third-order valence-corrected chi connectivity index (χ3v) is 2.87. The van der Waals surface area contributed by atoms with Gasteiger partial charge in [-0.05, 0) is 31.0 Å². The Labute approximate surface area is 87.6 Å². The van der Waals surface area contributed by atoms with Crippen molar-refractivity contribution < 1.29 is 0 Å². The Hall–Kier alpha value is -0.700. The summed E-state index contributed by atoms with van der Waals surface area (Å²) < 4.78 is 1.06. The Bertz CT molecular complexity index is 297. The summed E-state index contributed by atoms with van der Waals surface area (Å²) in [6.07, 6.45) is 1.11. The molecule has 1 rings (SSSR count). The second-order valence-corrected chi connectivity index (χ2v) is 3.91. The summed E-state index contributed by atoms with van der Waals surface area (Å²) in [6, 6.07) is 4.02. The van der Waals surface area contributed by atoms with Crippen LogP contribution < -0.4 is 11.1 Å². The maximum absolute atomic E-state index is 5.93. The molecule has 0 aliphatic carbocycles. The van der Waals surface area contributed by atoms with Crippen LogP contribution in [0.2, 0.25) is 0 Å². The van der Waals surface area contributed by atoms with E-state index >= 15 is 0 Å². The van der Waals surface area contributed by atoms with Gasteiger partial charge in [-0.3, -0.25) is 0 Å². The van der Waals surface area contributed by atoms with Gasteiger partial charge in [-0.1, -0.05) is 22.9 Å². The van der Waals surface area contributed by atoms with Crippen LogP contribution in [0.5, 0.6) is 0 Å². The highest BCUT2D eigenvalue weighted by Crippen LogP contribution is 2.28. The van der Waals surface area contributed by atoms with Crippen molar-refractivity contribution >= 4 is 27.3 Å². The Morgan fingerprint density at radius 2 is 2.15 bits per heavy atom. The highest BCUT2D eigenvalue weighted by molar-refractivity contribution is 9.10. The standard InChI is InChI=1S/C10H15BrN2/c1-3-6-13-9-5-4-8(11)7(2)10(9)12/h4-5,13H,3,6,12H2,1-2H3. The minimum atomic E-state index is 0.836. The minimum absolute atomic E-state index is 0.836. The average Bonchev–Trinajstić information content (AvgIpc) is 2.13. The molecule has 0 bridgehead atoms. The van der Waals surface area contributed by atoms with Gasteiger partial charge in [0.25, 0.3) is 0 Å². The largest absolute Gasteiger partial charge is 0.397 e. The van der Waals surface area contributed by atoms with E-state index in [0.717, 1.165) is 34.4 Å². The number of nitrogen functional groups attached to an aromatic ring is 1. The molecule has 0 saturated carbocycles. The zero-order valence-electron chi connectivity index (χ0n) is 8.02. The lowest BCUT2D eigenvalue weighted by molar-refractivity contribution is 0.980. The van der Waals surface area contributed by atoms with E-state index in [1.54, 1.807) is 0 Å². The normalized spacial score (nSPS) is 10.1. The fourth-order valence-electron chi connectivity index (χ4n) is 1.12. The molecular formula is C10H15BrN2. The fraction of sp³-hybridized carbons (Fsp3) is 0.400. The molecule has 0 radical (unpaired) electrons. The first kappa shape index (κ1) is 10.4. The van der Waals surface area contributed by atoms with Gasteiger partial charge in [0.1, 0.15) is 0 Å². The van der Waals surface area contributed by atoms with Gasteiger partial charge < -0.3 is 11.1 Å². The van der Waals surface area contributed by atoms with Gasteiger partial charge in [0.2, 0.25) is 0 Å². The fourth-order valence-corrected chi connectivity index (χ4v) is 1.46.